The molecule has 1 aromatic rings. The fourth-order valence-corrected chi connectivity index (χ4v) is 2.70. The van der Waals surface area contributed by atoms with Gasteiger partial charge in [-0.1, -0.05) is 12.1 Å². The van der Waals surface area contributed by atoms with Gasteiger partial charge in [-0.3, -0.25) is 4.79 Å². The number of hydrogen-bond donors (Lipinski definition) is 2. The minimum absolute atomic E-state index is 0.0664. The van der Waals surface area contributed by atoms with Gasteiger partial charge < -0.3 is 15.3 Å². The maximum Gasteiger partial charge on any atom is 0.225 e. The van der Waals surface area contributed by atoms with Crippen molar-refractivity contribution < 1.29 is 9.90 Å². The van der Waals surface area contributed by atoms with E-state index in [-0.39, 0.29) is 12.5 Å². The predicted molar refractivity (Wildman–Crippen MR) is 80.7 cm³/mol. The molecule has 1 fully saturated rings. The van der Waals surface area contributed by atoms with E-state index in [2.05, 4.69) is 16.3 Å². The van der Waals surface area contributed by atoms with Gasteiger partial charge in [-0.2, -0.15) is 5.26 Å². The van der Waals surface area contributed by atoms with Gasteiger partial charge in [0.15, 0.2) is 0 Å². The topological polar surface area (TPSA) is 76.4 Å². The molecule has 21 heavy (non-hydrogen) atoms. The van der Waals surface area contributed by atoms with Crippen molar-refractivity contribution in [3.8, 4) is 6.07 Å². The second-order valence-corrected chi connectivity index (χ2v) is 5.42. The number of aliphatic hydroxyl groups excluding tert-OH is 1. The lowest BCUT2D eigenvalue weighted by Gasteiger charge is -2.15. The standard InChI is InChI=1S/C16H21N3O2/c17-11-14-3-1-2-4-15(14)18-16(21)6-9-19-8-5-13(12-19)7-10-20/h1-4,13,20H,5-10,12H2,(H,18,21). The number of carbonyl (C=O) groups excluding carboxylic acids is 1. The molecule has 2 rings (SSSR count). The Morgan fingerprint density at radius 3 is 3.05 bits per heavy atom. The number of rotatable bonds is 6. The van der Waals surface area contributed by atoms with Crippen molar-refractivity contribution in [3.63, 3.8) is 0 Å². The summed E-state index contributed by atoms with van der Waals surface area (Å²) in [5, 5.41) is 20.7. The summed E-state index contributed by atoms with van der Waals surface area (Å²) in [7, 11) is 0. The molecule has 112 valence electrons. The van der Waals surface area contributed by atoms with Crippen LogP contribution in [-0.2, 0) is 4.79 Å². The molecule has 0 bridgehead atoms. The number of hydrogen-bond acceptors (Lipinski definition) is 4. The first-order valence-corrected chi connectivity index (χ1v) is 7.35. The molecule has 0 spiro atoms. The third kappa shape index (κ3) is 4.55. The average Bonchev–Trinajstić information content (AvgIpc) is 2.94. The highest BCUT2D eigenvalue weighted by molar-refractivity contribution is 5.92. The van der Waals surface area contributed by atoms with E-state index in [0.29, 0.717) is 23.6 Å². The predicted octanol–water partition coefficient (Wildman–Crippen LogP) is 1.59. The second-order valence-electron chi connectivity index (χ2n) is 5.42. The molecule has 5 nitrogen and oxygen atoms in total. The van der Waals surface area contributed by atoms with Gasteiger partial charge in [0.1, 0.15) is 6.07 Å². The van der Waals surface area contributed by atoms with Crippen LogP contribution in [0.25, 0.3) is 0 Å². The van der Waals surface area contributed by atoms with Crippen LogP contribution in [-0.4, -0.2) is 42.2 Å². The number of amides is 1. The smallest absolute Gasteiger partial charge is 0.225 e. The van der Waals surface area contributed by atoms with Crippen LogP contribution in [0, 0.1) is 17.2 Å². The van der Waals surface area contributed by atoms with Crippen LogP contribution in [0.1, 0.15) is 24.8 Å². The van der Waals surface area contributed by atoms with Crippen molar-refractivity contribution in [2.45, 2.75) is 19.3 Å². The molecule has 1 heterocycles. The highest BCUT2D eigenvalue weighted by Crippen LogP contribution is 2.19. The van der Waals surface area contributed by atoms with Crippen LogP contribution in [0.15, 0.2) is 24.3 Å². The third-order valence-corrected chi connectivity index (χ3v) is 3.88. The molecule has 1 aliphatic heterocycles. The Hall–Kier alpha value is -1.90. The first-order chi connectivity index (χ1) is 10.2. The Bertz CT molecular complexity index is 524. The number of nitriles is 1. The van der Waals surface area contributed by atoms with E-state index in [1.807, 2.05) is 0 Å². The third-order valence-electron chi connectivity index (χ3n) is 3.88. The largest absolute Gasteiger partial charge is 0.396 e. The highest BCUT2D eigenvalue weighted by Gasteiger charge is 2.22. The number of nitrogens with zero attached hydrogens (tertiary/aromatic N) is 2. The van der Waals surface area contributed by atoms with Crippen molar-refractivity contribution in [2.24, 2.45) is 5.92 Å². The van der Waals surface area contributed by atoms with E-state index in [1.165, 1.54) is 0 Å². The SMILES string of the molecule is N#Cc1ccccc1NC(=O)CCN1CCC(CCO)C1. The van der Waals surface area contributed by atoms with Crippen molar-refractivity contribution in [3.05, 3.63) is 29.8 Å². The molecule has 1 aliphatic rings. The van der Waals surface area contributed by atoms with Crippen LogP contribution in [0.3, 0.4) is 0 Å². The first-order valence-electron chi connectivity index (χ1n) is 7.35. The number of aliphatic hydroxyl groups is 1. The summed E-state index contributed by atoms with van der Waals surface area (Å²) < 4.78 is 0. The minimum atomic E-state index is -0.0664. The monoisotopic (exact) mass is 287 g/mol. The quantitative estimate of drug-likeness (QED) is 0.833. The molecule has 1 atom stereocenters. The molecule has 0 aromatic heterocycles. The molecule has 1 aromatic carbocycles. The van der Waals surface area contributed by atoms with Gasteiger partial charge in [-0.25, -0.2) is 0 Å². The van der Waals surface area contributed by atoms with Crippen molar-refractivity contribution in [1.82, 2.24) is 4.90 Å². The van der Waals surface area contributed by atoms with Gasteiger partial charge >= 0.3 is 0 Å². The fourth-order valence-electron chi connectivity index (χ4n) is 2.70. The maximum atomic E-state index is 12.0. The lowest BCUT2D eigenvalue weighted by atomic mass is 10.1. The van der Waals surface area contributed by atoms with E-state index in [4.69, 9.17) is 10.4 Å². The van der Waals surface area contributed by atoms with Crippen LogP contribution >= 0.6 is 0 Å². The Balaban J connectivity index is 1.77. The summed E-state index contributed by atoms with van der Waals surface area (Å²) in [6, 6.07) is 9.08. The Kier molecular flexibility index (Phi) is 5.73. The average molecular weight is 287 g/mol. The van der Waals surface area contributed by atoms with Crippen molar-refractivity contribution in [2.75, 3.05) is 31.6 Å². The number of anilines is 1. The summed E-state index contributed by atoms with van der Waals surface area (Å²) in [6.07, 6.45) is 2.36. The number of benzene rings is 1. The summed E-state index contributed by atoms with van der Waals surface area (Å²) in [4.78, 5) is 14.2. The minimum Gasteiger partial charge on any atom is -0.396 e. The van der Waals surface area contributed by atoms with Gasteiger partial charge in [0, 0.05) is 26.1 Å². The summed E-state index contributed by atoms with van der Waals surface area (Å²) in [6.45, 7) is 2.92. The van der Waals surface area contributed by atoms with E-state index in [1.54, 1.807) is 24.3 Å². The van der Waals surface area contributed by atoms with E-state index in [0.717, 1.165) is 32.5 Å². The van der Waals surface area contributed by atoms with Gasteiger partial charge in [-0.15, -0.1) is 0 Å². The molecule has 1 amide bonds. The number of para-hydroxylation sites is 1. The van der Waals surface area contributed by atoms with Crippen LogP contribution in [0.5, 0.6) is 0 Å². The van der Waals surface area contributed by atoms with Crippen molar-refractivity contribution >= 4 is 11.6 Å². The number of carbonyl (C=O) groups is 1. The zero-order chi connectivity index (χ0) is 15.1. The first kappa shape index (κ1) is 15.5. The molecule has 0 aliphatic carbocycles. The van der Waals surface area contributed by atoms with E-state index >= 15 is 0 Å². The second kappa shape index (κ2) is 7.77. The maximum absolute atomic E-state index is 12.0. The van der Waals surface area contributed by atoms with Gasteiger partial charge in [-0.05, 0) is 37.4 Å². The molecular formula is C16H21N3O2. The molecule has 1 saturated heterocycles. The Labute approximate surface area is 125 Å². The fraction of sp³-hybridized carbons (Fsp3) is 0.500. The molecule has 0 radical (unpaired) electrons. The van der Waals surface area contributed by atoms with Gasteiger partial charge in [0.25, 0.3) is 0 Å². The summed E-state index contributed by atoms with van der Waals surface area (Å²) in [5.41, 5.74) is 1.06. The van der Waals surface area contributed by atoms with Crippen LogP contribution in [0.2, 0.25) is 0 Å². The lowest BCUT2D eigenvalue weighted by molar-refractivity contribution is -0.116. The number of nitrogens with one attached hydrogen (secondary N) is 1. The Morgan fingerprint density at radius 2 is 2.29 bits per heavy atom. The van der Waals surface area contributed by atoms with E-state index < -0.39 is 0 Å². The van der Waals surface area contributed by atoms with Gasteiger partial charge in [0.05, 0.1) is 11.3 Å². The zero-order valence-electron chi connectivity index (χ0n) is 12.1. The van der Waals surface area contributed by atoms with E-state index in [9.17, 15) is 4.79 Å². The summed E-state index contributed by atoms with van der Waals surface area (Å²) >= 11 is 0. The van der Waals surface area contributed by atoms with Crippen molar-refractivity contribution in [1.29, 1.82) is 5.26 Å². The molecule has 1 unspecified atom stereocenters. The normalized spacial score (nSPS) is 18.4. The molecule has 5 heteroatoms. The zero-order valence-corrected chi connectivity index (χ0v) is 12.1. The molecule has 2 N–H and O–H groups in total. The van der Waals surface area contributed by atoms with Crippen LogP contribution in [0.4, 0.5) is 5.69 Å². The lowest BCUT2D eigenvalue weighted by Crippen LogP contribution is -2.26. The molecular weight excluding hydrogens is 266 g/mol. The van der Waals surface area contributed by atoms with Gasteiger partial charge in [0.2, 0.25) is 5.91 Å². The number of likely N-dealkylation sites (tertiary alicyclic amines) is 1. The Morgan fingerprint density at radius 1 is 1.48 bits per heavy atom. The molecule has 0 saturated carbocycles. The highest BCUT2D eigenvalue weighted by atomic mass is 16.3. The summed E-state index contributed by atoms with van der Waals surface area (Å²) in [5.74, 6) is 0.487. The van der Waals surface area contributed by atoms with Crippen LogP contribution < -0.4 is 5.32 Å².